The number of nitrogens with one attached hydrogen (secondary N) is 1. The molecule has 1 amide bonds. The second-order valence-electron chi connectivity index (χ2n) is 4.62. The van der Waals surface area contributed by atoms with Crippen LogP contribution in [0.5, 0.6) is 5.75 Å². The van der Waals surface area contributed by atoms with Crippen LogP contribution in [0.2, 0.25) is 0 Å². The SMILES string of the molecule is COc1csc(C(=O)Nc2cccc(-c3ccncc3)c2)c1. The van der Waals surface area contributed by atoms with Gasteiger partial charge in [-0.15, -0.1) is 11.3 Å². The Bertz CT molecular complexity index is 784. The monoisotopic (exact) mass is 310 g/mol. The van der Waals surface area contributed by atoms with Gasteiger partial charge in [0.25, 0.3) is 5.91 Å². The molecule has 22 heavy (non-hydrogen) atoms. The fourth-order valence-electron chi connectivity index (χ4n) is 2.06. The third-order valence-corrected chi connectivity index (χ3v) is 4.08. The number of rotatable bonds is 4. The summed E-state index contributed by atoms with van der Waals surface area (Å²) in [5.41, 5.74) is 2.85. The Morgan fingerprint density at radius 1 is 1.14 bits per heavy atom. The molecule has 3 aromatic rings. The first-order chi connectivity index (χ1) is 10.8. The number of benzene rings is 1. The first-order valence-electron chi connectivity index (χ1n) is 6.70. The molecule has 0 atom stereocenters. The maximum absolute atomic E-state index is 12.2. The largest absolute Gasteiger partial charge is 0.496 e. The van der Waals surface area contributed by atoms with Crippen molar-refractivity contribution in [3.05, 3.63) is 65.1 Å². The molecule has 0 aliphatic carbocycles. The van der Waals surface area contributed by atoms with Gasteiger partial charge in [0.15, 0.2) is 0 Å². The van der Waals surface area contributed by atoms with Crippen LogP contribution in [0, 0.1) is 0 Å². The average molecular weight is 310 g/mol. The van der Waals surface area contributed by atoms with E-state index >= 15 is 0 Å². The summed E-state index contributed by atoms with van der Waals surface area (Å²) >= 11 is 1.36. The van der Waals surface area contributed by atoms with Crippen LogP contribution in [-0.2, 0) is 0 Å². The van der Waals surface area contributed by atoms with Gasteiger partial charge in [-0.1, -0.05) is 12.1 Å². The Labute approximate surface area is 132 Å². The molecule has 0 fully saturated rings. The lowest BCUT2D eigenvalue weighted by molar-refractivity contribution is 0.103. The van der Waals surface area contributed by atoms with E-state index in [0.29, 0.717) is 10.6 Å². The lowest BCUT2D eigenvalue weighted by Crippen LogP contribution is -2.10. The van der Waals surface area contributed by atoms with E-state index in [1.165, 1.54) is 11.3 Å². The summed E-state index contributed by atoms with van der Waals surface area (Å²) < 4.78 is 5.10. The minimum absolute atomic E-state index is 0.139. The van der Waals surface area contributed by atoms with Gasteiger partial charge in [0.1, 0.15) is 5.75 Å². The number of carbonyl (C=O) groups excluding carboxylic acids is 1. The van der Waals surface area contributed by atoms with Crippen LogP contribution in [-0.4, -0.2) is 18.0 Å². The van der Waals surface area contributed by atoms with Gasteiger partial charge in [-0.3, -0.25) is 9.78 Å². The number of aromatic nitrogens is 1. The Morgan fingerprint density at radius 3 is 2.68 bits per heavy atom. The van der Waals surface area contributed by atoms with Gasteiger partial charge in [-0.05, 0) is 35.4 Å². The van der Waals surface area contributed by atoms with Crippen molar-refractivity contribution in [2.75, 3.05) is 12.4 Å². The molecule has 2 aromatic heterocycles. The van der Waals surface area contributed by atoms with Crippen molar-refractivity contribution in [1.29, 1.82) is 0 Å². The lowest BCUT2D eigenvalue weighted by atomic mass is 10.1. The van der Waals surface area contributed by atoms with Crippen molar-refractivity contribution in [3.63, 3.8) is 0 Å². The highest BCUT2D eigenvalue weighted by molar-refractivity contribution is 7.12. The summed E-state index contributed by atoms with van der Waals surface area (Å²) in [5, 5.41) is 4.71. The molecule has 0 aliphatic rings. The molecule has 0 saturated carbocycles. The summed E-state index contributed by atoms with van der Waals surface area (Å²) in [5.74, 6) is 0.556. The zero-order valence-electron chi connectivity index (χ0n) is 11.9. The van der Waals surface area contributed by atoms with Crippen LogP contribution in [0.15, 0.2) is 60.2 Å². The summed E-state index contributed by atoms with van der Waals surface area (Å²) in [6.45, 7) is 0. The van der Waals surface area contributed by atoms with E-state index in [2.05, 4.69) is 10.3 Å². The number of anilines is 1. The van der Waals surface area contributed by atoms with Crippen molar-refractivity contribution in [2.24, 2.45) is 0 Å². The predicted molar refractivity (Wildman–Crippen MR) is 88.5 cm³/mol. The molecule has 3 rings (SSSR count). The summed E-state index contributed by atoms with van der Waals surface area (Å²) in [7, 11) is 1.59. The van der Waals surface area contributed by atoms with Crippen LogP contribution in [0.4, 0.5) is 5.69 Å². The topological polar surface area (TPSA) is 51.2 Å². The highest BCUT2D eigenvalue weighted by atomic mass is 32.1. The van der Waals surface area contributed by atoms with Gasteiger partial charge in [-0.25, -0.2) is 0 Å². The van der Waals surface area contributed by atoms with Crippen LogP contribution in [0.3, 0.4) is 0 Å². The molecule has 0 unspecified atom stereocenters. The highest BCUT2D eigenvalue weighted by Gasteiger charge is 2.10. The first kappa shape index (κ1) is 14.3. The number of pyridine rings is 1. The van der Waals surface area contributed by atoms with Crippen molar-refractivity contribution >= 4 is 22.9 Å². The van der Waals surface area contributed by atoms with Crippen LogP contribution in [0.1, 0.15) is 9.67 Å². The molecule has 1 N–H and O–H groups in total. The van der Waals surface area contributed by atoms with Crippen molar-refractivity contribution in [3.8, 4) is 16.9 Å². The molecule has 0 bridgehead atoms. The molecule has 2 heterocycles. The van der Waals surface area contributed by atoms with E-state index in [0.717, 1.165) is 16.8 Å². The molecule has 0 radical (unpaired) electrons. The summed E-state index contributed by atoms with van der Waals surface area (Å²) in [4.78, 5) is 16.9. The van der Waals surface area contributed by atoms with E-state index in [4.69, 9.17) is 4.74 Å². The normalized spacial score (nSPS) is 10.2. The maximum Gasteiger partial charge on any atom is 0.265 e. The third kappa shape index (κ3) is 3.15. The molecular weight excluding hydrogens is 296 g/mol. The lowest BCUT2D eigenvalue weighted by Gasteiger charge is -2.06. The summed E-state index contributed by atoms with van der Waals surface area (Å²) in [6.07, 6.45) is 3.50. The Morgan fingerprint density at radius 2 is 1.95 bits per heavy atom. The van der Waals surface area contributed by atoms with Crippen LogP contribution in [0.25, 0.3) is 11.1 Å². The number of hydrogen-bond donors (Lipinski definition) is 1. The van der Waals surface area contributed by atoms with Gasteiger partial charge in [0.05, 0.1) is 12.0 Å². The highest BCUT2D eigenvalue weighted by Crippen LogP contribution is 2.24. The van der Waals surface area contributed by atoms with E-state index in [1.807, 2.05) is 41.8 Å². The first-order valence-corrected chi connectivity index (χ1v) is 7.58. The molecule has 0 aliphatic heterocycles. The van der Waals surface area contributed by atoms with Gasteiger partial charge in [0, 0.05) is 29.5 Å². The number of methoxy groups -OCH3 is 1. The minimum Gasteiger partial charge on any atom is -0.496 e. The Kier molecular flexibility index (Phi) is 4.16. The van der Waals surface area contributed by atoms with Gasteiger partial charge < -0.3 is 10.1 Å². The third-order valence-electron chi connectivity index (χ3n) is 3.17. The van der Waals surface area contributed by atoms with Crippen molar-refractivity contribution < 1.29 is 9.53 Å². The maximum atomic E-state index is 12.2. The van der Waals surface area contributed by atoms with E-state index in [1.54, 1.807) is 25.6 Å². The number of nitrogens with zero attached hydrogens (tertiary/aromatic N) is 1. The quantitative estimate of drug-likeness (QED) is 0.790. The number of carbonyl (C=O) groups is 1. The fraction of sp³-hybridized carbons (Fsp3) is 0.0588. The number of ether oxygens (including phenoxy) is 1. The second-order valence-corrected chi connectivity index (χ2v) is 5.53. The summed E-state index contributed by atoms with van der Waals surface area (Å²) in [6, 6.07) is 13.3. The van der Waals surface area contributed by atoms with Gasteiger partial charge >= 0.3 is 0 Å². The molecule has 0 saturated heterocycles. The number of hydrogen-bond acceptors (Lipinski definition) is 4. The predicted octanol–water partition coefficient (Wildman–Crippen LogP) is 4.07. The van der Waals surface area contributed by atoms with Crippen LogP contribution >= 0.6 is 11.3 Å². The molecule has 5 heteroatoms. The van der Waals surface area contributed by atoms with Gasteiger partial charge in [0.2, 0.25) is 0 Å². The van der Waals surface area contributed by atoms with E-state index in [9.17, 15) is 4.79 Å². The van der Waals surface area contributed by atoms with Crippen molar-refractivity contribution in [1.82, 2.24) is 4.98 Å². The number of amides is 1. The average Bonchev–Trinajstić information content (AvgIpc) is 3.05. The Hall–Kier alpha value is -2.66. The van der Waals surface area contributed by atoms with Crippen LogP contribution < -0.4 is 10.1 Å². The molecular formula is C17H14N2O2S. The number of thiophene rings is 1. The molecule has 0 spiro atoms. The molecule has 1 aromatic carbocycles. The van der Waals surface area contributed by atoms with E-state index < -0.39 is 0 Å². The standard InChI is InChI=1S/C17H14N2O2S/c1-21-15-10-16(22-11-15)17(20)19-14-4-2-3-13(9-14)12-5-7-18-8-6-12/h2-11H,1H3,(H,19,20). The molecule has 4 nitrogen and oxygen atoms in total. The zero-order valence-corrected chi connectivity index (χ0v) is 12.8. The van der Waals surface area contributed by atoms with Crippen molar-refractivity contribution in [2.45, 2.75) is 0 Å². The smallest absolute Gasteiger partial charge is 0.265 e. The van der Waals surface area contributed by atoms with Gasteiger partial charge in [-0.2, -0.15) is 0 Å². The van der Waals surface area contributed by atoms with E-state index in [-0.39, 0.29) is 5.91 Å². The second kappa shape index (κ2) is 6.41. The minimum atomic E-state index is -0.139. The Balaban J connectivity index is 1.79. The zero-order chi connectivity index (χ0) is 15.4. The molecule has 110 valence electrons. The fourth-order valence-corrected chi connectivity index (χ4v) is 2.81.